The summed E-state index contributed by atoms with van der Waals surface area (Å²) in [6.07, 6.45) is 4.02. The largest absolute Gasteiger partial charge is 0.323 e. The Morgan fingerprint density at radius 3 is 3.25 bits per heavy atom. The number of nitrogens with one attached hydrogen (secondary N) is 1. The minimum atomic E-state index is 0.0613. The number of carbonyl (C=O) groups is 1. The molecule has 1 atom stereocenters. The molecular formula is C9H16N2O. The molecule has 0 radical (unpaired) electrons. The van der Waals surface area contributed by atoms with Gasteiger partial charge in [-0.25, -0.2) is 0 Å². The van der Waals surface area contributed by atoms with Crippen LogP contribution in [-0.4, -0.2) is 29.6 Å². The van der Waals surface area contributed by atoms with Gasteiger partial charge >= 0.3 is 0 Å². The lowest BCUT2D eigenvalue weighted by molar-refractivity contribution is -0.129. The second kappa shape index (κ2) is 2.73. The van der Waals surface area contributed by atoms with Gasteiger partial charge in [-0.3, -0.25) is 10.1 Å². The van der Waals surface area contributed by atoms with Crippen LogP contribution in [-0.2, 0) is 4.79 Å². The number of carbonyl (C=O) groups excluding carboxylic acids is 1. The quantitative estimate of drug-likeness (QED) is 0.658. The standard InChI is InChI=1S/C9H16N2O/c1-2-4-9-5-3-8(12)11(9)7-6-10-9/h10H,2-7H2,1H3. The summed E-state index contributed by atoms with van der Waals surface area (Å²) in [4.78, 5) is 13.5. The van der Waals surface area contributed by atoms with Crippen LogP contribution in [0.2, 0.25) is 0 Å². The maximum Gasteiger partial charge on any atom is 0.224 e. The van der Waals surface area contributed by atoms with E-state index >= 15 is 0 Å². The van der Waals surface area contributed by atoms with Crippen LogP contribution < -0.4 is 5.32 Å². The van der Waals surface area contributed by atoms with Crippen molar-refractivity contribution in [3.05, 3.63) is 0 Å². The van der Waals surface area contributed by atoms with Gasteiger partial charge in [-0.1, -0.05) is 13.3 Å². The predicted molar refractivity (Wildman–Crippen MR) is 46.6 cm³/mol. The van der Waals surface area contributed by atoms with Crippen molar-refractivity contribution in [3.63, 3.8) is 0 Å². The minimum absolute atomic E-state index is 0.0613. The molecule has 2 aliphatic rings. The molecule has 0 aromatic carbocycles. The van der Waals surface area contributed by atoms with Gasteiger partial charge in [0.2, 0.25) is 5.91 Å². The number of amides is 1. The van der Waals surface area contributed by atoms with Crippen LogP contribution in [0.3, 0.4) is 0 Å². The Morgan fingerprint density at radius 2 is 2.50 bits per heavy atom. The van der Waals surface area contributed by atoms with E-state index in [1.807, 2.05) is 4.90 Å². The molecule has 0 aromatic heterocycles. The molecule has 0 aromatic rings. The first-order valence-corrected chi connectivity index (χ1v) is 4.84. The van der Waals surface area contributed by atoms with Gasteiger partial charge < -0.3 is 4.90 Å². The van der Waals surface area contributed by atoms with Crippen LogP contribution in [0.1, 0.15) is 32.6 Å². The Bertz CT molecular complexity index is 205. The third-order valence-corrected chi connectivity index (χ3v) is 3.02. The van der Waals surface area contributed by atoms with Crippen molar-refractivity contribution < 1.29 is 4.79 Å². The molecule has 12 heavy (non-hydrogen) atoms. The molecule has 1 N–H and O–H groups in total. The number of nitrogens with zero attached hydrogens (tertiary/aromatic N) is 1. The van der Waals surface area contributed by atoms with Crippen LogP contribution in [0.5, 0.6) is 0 Å². The average Bonchev–Trinajstić information content (AvgIpc) is 2.55. The van der Waals surface area contributed by atoms with Gasteiger partial charge in [-0.2, -0.15) is 0 Å². The van der Waals surface area contributed by atoms with E-state index in [0.717, 1.165) is 38.8 Å². The zero-order valence-electron chi connectivity index (χ0n) is 7.60. The van der Waals surface area contributed by atoms with Crippen LogP contribution in [0.4, 0.5) is 0 Å². The van der Waals surface area contributed by atoms with Gasteiger partial charge in [0.15, 0.2) is 0 Å². The molecule has 1 amide bonds. The molecule has 0 aliphatic carbocycles. The fraction of sp³-hybridized carbons (Fsp3) is 0.889. The monoisotopic (exact) mass is 168 g/mol. The highest BCUT2D eigenvalue weighted by molar-refractivity contribution is 5.80. The summed E-state index contributed by atoms with van der Waals surface area (Å²) in [5.74, 6) is 0.341. The molecule has 2 fully saturated rings. The van der Waals surface area contributed by atoms with Gasteiger partial charge in [0.25, 0.3) is 0 Å². The number of rotatable bonds is 2. The summed E-state index contributed by atoms with van der Waals surface area (Å²) in [6.45, 7) is 4.07. The third-order valence-electron chi connectivity index (χ3n) is 3.02. The lowest BCUT2D eigenvalue weighted by Gasteiger charge is -2.31. The van der Waals surface area contributed by atoms with Crippen molar-refractivity contribution in [1.82, 2.24) is 10.2 Å². The molecule has 2 aliphatic heterocycles. The fourth-order valence-corrected chi connectivity index (χ4v) is 2.51. The van der Waals surface area contributed by atoms with E-state index in [4.69, 9.17) is 0 Å². The summed E-state index contributed by atoms with van der Waals surface area (Å²) < 4.78 is 0. The maximum atomic E-state index is 11.4. The topological polar surface area (TPSA) is 32.3 Å². The molecule has 68 valence electrons. The van der Waals surface area contributed by atoms with Crippen LogP contribution in [0.25, 0.3) is 0 Å². The van der Waals surface area contributed by atoms with Crippen molar-refractivity contribution in [2.75, 3.05) is 13.1 Å². The van der Waals surface area contributed by atoms with E-state index in [1.165, 1.54) is 0 Å². The maximum absolute atomic E-state index is 11.4. The van der Waals surface area contributed by atoms with Crippen LogP contribution >= 0.6 is 0 Å². The molecule has 0 bridgehead atoms. The Kier molecular flexibility index (Phi) is 1.83. The zero-order valence-corrected chi connectivity index (χ0v) is 7.60. The lowest BCUT2D eigenvalue weighted by atomic mass is 10.0. The van der Waals surface area contributed by atoms with E-state index in [-0.39, 0.29) is 5.66 Å². The molecule has 2 heterocycles. The molecule has 0 saturated carbocycles. The molecule has 2 rings (SSSR count). The molecule has 0 spiro atoms. The second-order valence-corrected chi connectivity index (χ2v) is 3.75. The molecule has 2 saturated heterocycles. The normalized spacial score (nSPS) is 34.4. The Balaban J connectivity index is 2.17. The Hall–Kier alpha value is -0.570. The Morgan fingerprint density at radius 1 is 1.67 bits per heavy atom. The number of fused-ring (bicyclic) bond motifs is 1. The van der Waals surface area contributed by atoms with Gasteiger partial charge in [-0.15, -0.1) is 0 Å². The van der Waals surface area contributed by atoms with E-state index in [9.17, 15) is 4.79 Å². The number of hydrogen-bond donors (Lipinski definition) is 1. The minimum Gasteiger partial charge on any atom is -0.323 e. The van der Waals surface area contributed by atoms with Crippen molar-refractivity contribution in [2.24, 2.45) is 0 Å². The van der Waals surface area contributed by atoms with E-state index in [2.05, 4.69) is 12.2 Å². The van der Waals surface area contributed by atoms with E-state index in [1.54, 1.807) is 0 Å². The van der Waals surface area contributed by atoms with Gasteiger partial charge in [0.1, 0.15) is 0 Å². The van der Waals surface area contributed by atoms with Crippen LogP contribution in [0.15, 0.2) is 0 Å². The first kappa shape index (κ1) is 8.05. The summed E-state index contributed by atoms with van der Waals surface area (Å²) in [5, 5.41) is 3.47. The summed E-state index contributed by atoms with van der Waals surface area (Å²) in [5.41, 5.74) is 0.0613. The highest BCUT2D eigenvalue weighted by Gasteiger charge is 2.47. The highest BCUT2D eigenvalue weighted by Crippen LogP contribution is 2.34. The lowest BCUT2D eigenvalue weighted by Crippen LogP contribution is -2.47. The van der Waals surface area contributed by atoms with Crippen molar-refractivity contribution in [1.29, 1.82) is 0 Å². The smallest absolute Gasteiger partial charge is 0.224 e. The zero-order chi connectivity index (χ0) is 8.60. The van der Waals surface area contributed by atoms with E-state index < -0.39 is 0 Å². The van der Waals surface area contributed by atoms with Gasteiger partial charge in [-0.05, 0) is 12.8 Å². The van der Waals surface area contributed by atoms with Crippen LogP contribution in [0, 0.1) is 0 Å². The van der Waals surface area contributed by atoms with E-state index in [0.29, 0.717) is 5.91 Å². The fourth-order valence-electron chi connectivity index (χ4n) is 2.51. The van der Waals surface area contributed by atoms with Crippen molar-refractivity contribution in [2.45, 2.75) is 38.3 Å². The predicted octanol–water partition coefficient (Wildman–Crippen LogP) is 0.708. The highest BCUT2D eigenvalue weighted by atomic mass is 16.2. The molecule has 3 heteroatoms. The third kappa shape index (κ3) is 0.959. The second-order valence-electron chi connectivity index (χ2n) is 3.75. The molecular weight excluding hydrogens is 152 g/mol. The van der Waals surface area contributed by atoms with Gasteiger partial charge in [0.05, 0.1) is 5.66 Å². The van der Waals surface area contributed by atoms with Gasteiger partial charge in [0, 0.05) is 19.5 Å². The Labute approximate surface area is 73.1 Å². The summed E-state index contributed by atoms with van der Waals surface area (Å²) in [6, 6.07) is 0. The molecule has 3 nitrogen and oxygen atoms in total. The van der Waals surface area contributed by atoms with Crippen molar-refractivity contribution in [3.8, 4) is 0 Å². The number of hydrogen-bond acceptors (Lipinski definition) is 2. The average molecular weight is 168 g/mol. The summed E-state index contributed by atoms with van der Waals surface area (Å²) in [7, 11) is 0. The first-order valence-electron chi connectivity index (χ1n) is 4.84. The first-order chi connectivity index (χ1) is 5.78. The SMILES string of the molecule is CCCC12CCC(=O)N1CCN2. The van der Waals surface area contributed by atoms with Crippen molar-refractivity contribution >= 4 is 5.91 Å². The summed E-state index contributed by atoms with van der Waals surface area (Å²) >= 11 is 0. The molecule has 1 unspecified atom stereocenters.